The third-order valence-corrected chi connectivity index (χ3v) is 5.07. The lowest BCUT2D eigenvalue weighted by molar-refractivity contribution is -0.387. The molecule has 0 saturated carbocycles. The number of halogens is 3. The fourth-order valence-corrected chi connectivity index (χ4v) is 4.21. The van der Waals surface area contributed by atoms with Gasteiger partial charge in [0.05, 0.1) is 16.9 Å². The number of rotatable bonds is 4. The highest BCUT2D eigenvalue weighted by atomic mass is 35.5. The Hall–Kier alpha value is -0.640. The molecule has 0 N–H and O–H groups in total. The first-order valence-electron chi connectivity index (χ1n) is 5.94. The van der Waals surface area contributed by atoms with Gasteiger partial charge in [-0.1, -0.05) is 35.3 Å². The fraction of sp³-hybridized carbons (Fsp3) is 0.455. The molecule has 0 aromatic heterocycles. The van der Waals surface area contributed by atoms with E-state index in [2.05, 4.69) is 0 Å². The molecule has 0 bridgehead atoms. The second-order valence-electron chi connectivity index (χ2n) is 4.50. The van der Waals surface area contributed by atoms with Gasteiger partial charge in [-0.2, -0.15) is 8.42 Å². The summed E-state index contributed by atoms with van der Waals surface area (Å²) in [5, 5.41) is 10.4. The van der Waals surface area contributed by atoms with Crippen LogP contribution in [0.25, 0.3) is 0 Å². The molecular formula is C11H10Cl3NO6S. The van der Waals surface area contributed by atoms with E-state index in [1.165, 1.54) is 12.1 Å². The highest BCUT2D eigenvalue weighted by molar-refractivity contribution is 7.87. The zero-order chi connectivity index (χ0) is 16.5. The number of nitrogens with zero attached hydrogens (tertiary/aromatic N) is 1. The van der Waals surface area contributed by atoms with Crippen LogP contribution in [0.3, 0.4) is 0 Å². The Balaban J connectivity index is 2.31. The van der Waals surface area contributed by atoms with Crippen LogP contribution in [0.1, 0.15) is 6.42 Å². The molecule has 11 heteroatoms. The highest BCUT2D eigenvalue weighted by Gasteiger charge is 2.46. The molecule has 1 fully saturated rings. The van der Waals surface area contributed by atoms with Crippen molar-refractivity contribution in [3.05, 3.63) is 34.4 Å². The van der Waals surface area contributed by atoms with Gasteiger partial charge in [-0.15, -0.1) is 11.6 Å². The van der Waals surface area contributed by atoms with Crippen LogP contribution in [-0.2, 0) is 19.0 Å². The predicted octanol–water partition coefficient (Wildman–Crippen LogP) is 2.83. The topological polar surface area (TPSA) is 95.7 Å². The van der Waals surface area contributed by atoms with E-state index in [-0.39, 0.29) is 13.0 Å². The van der Waals surface area contributed by atoms with Crippen LogP contribution in [0.2, 0.25) is 0 Å². The van der Waals surface area contributed by atoms with E-state index in [1.807, 2.05) is 0 Å². The number of hydrogen-bond acceptors (Lipinski definition) is 6. The molecule has 1 aliphatic heterocycles. The number of benzene rings is 1. The quantitative estimate of drug-likeness (QED) is 0.339. The first-order chi connectivity index (χ1) is 10.1. The molecule has 0 aliphatic carbocycles. The molecular weight excluding hydrogens is 381 g/mol. The molecule has 22 heavy (non-hydrogen) atoms. The standard InChI is InChI=1S/C11H10Cl3NO6S/c12-7-5-11(13,14)10(20-6-7)21-22(18,19)9-4-2-1-3-8(9)15(16)17/h1-4,7,10H,5-6H2. The van der Waals surface area contributed by atoms with Crippen LogP contribution < -0.4 is 0 Å². The third kappa shape index (κ3) is 3.81. The Morgan fingerprint density at radius 2 is 2.00 bits per heavy atom. The van der Waals surface area contributed by atoms with Crippen molar-refractivity contribution < 1.29 is 22.3 Å². The number of nitro benzene ring substituents is 1. The van der Waals surface area contributed by atoms with Gasteiger partial charge in [0.2, 0.25) is 6.29 Å². The second kappa shape index (κ2) is 6.46. The summed E-state index contributed by atoms with van der Waals surface area (Å²) in [6, 6.07) is 4.75. The first kappa shape index (κ1) is 17.7. The van der Waals surface area contributed by atoms with Gasteiger partial charge in [-0.05, 0) is 6.07 Å². The van der Waals surface area contributed by atoms with Gasteiger partial charge in [-0.25, -0.2) is 4.18 Å². The molecule has 0 amide bonds. The average molecular weight is 391 g/mol. The van der Waals surface area contributed by atoms with Crippen LogP contribution >= 0.6 is 34.8 Å². The van der Waals surface area contributed by atoms with Gasteiger partial charge in [-0.3, -0.25) is 10.1 Å². The van der Waals surface area contributed by atoms with Gasteiger partial charge < -0.3 is 4.74 Å². The molecule has 2 rings (SSSR count). The molecule has 1 aliphatic rings. The molecule has 1 saturated heterocycles. The van der Waals surface area contributed by atoms with E-state index in [1.54, 1.807) is 0 Å². The zero-order valence-corrected chi connectivity index (χ0v) is 13.9. The molecule has 1 aromatic rings. The predicted molar refractivity (Wildman–Crippen MR) is 79.8 cm³/mol. The summed E-state index contributed by atoms with van der Waals surface area (Å²) in [6.45, 7) is -0.0141. The van der Waals surface area contributed by atoms with Gasteiger partial charge in [0, 0.05) is 12.5 Å². The Morgan fingerprint density at radius 3 is 2.59 bits per heavy atom. The van der Waals surface area contributed by atoms with Crippen LogP contribution in [0.15, 0.2) is 29.2 Å². The summed E-state index contributed by atoms with van der Waals surface area (Å²) in [4.78, 5) is 9.47. The Morgan fingerprint density at radius 1 is 1.36 bits per heavy atom. The minimum atomic E-state index is -4.50. The van der Waals surface area contributed by atoms with Crippen molar-refractivity contribution in [2.45, 2.75) is 27.3 Å². The normalized spacial score (nSPS) is 24.9. The maximum atomic E-state index is 12.2. The number of hydrogen-bond donors (Lipinski definition) is 0. The summed E-state index contributed by atoms with van der Waals surface area (Å²) in [5.74, 6) is 0. The monoisotopic (exact) mass is 389 g/mol. The second-order valence-corrected chi connectivity index (χ2v) is 8.20. The Labute approximate surface area is 141 Å². The molecule has 2 atom stereocenters. The van der Waals surface area contributed by atoms with Gasteiger partial charge in [0.25, 0.3) is 5.69 Å². The highest BCUT2D eigenvalue weighted by Crippen LogP contribution is 2.40. The van der Waals surface area contributed by atoms with Crippen molar-refractivity contribution in [3.63, 3.8) is 0 Å². The molecule has 0 radical (unpaired) electrons. The van der Waals surface area contributed by atoms with Crippen molar-refractivity contribution >= 4 is 50.6 Å². The molecule has 1 heterocycles. The number of ether oxygens (including phenoxy) is 1. The SMILES string of the molecule is O=[N+]([O-])c1ccccc1S(=O)(=O)OC1OCC(Cl)CC1(Cl)Cl. The van der Waals surface area contributed by atoms with Crippen LogP contribution in [0, 0.1) is 10.1 Å². The molecule has 122 valence electrons. The third-order valence-electron chi connectivity index (χ3n) is 2.81. The molecule has 0 spiro atoms. The smallest absolute Gasteiger partial charge is 0.306 e. The lowest BCUT2D eigenvalue weighted by atomic mass is 10.2. The molecule has 2 unspecified atom stereocenters. The van der Waals surface area contributed by atoms with E-state index in [9.17, 15) is 18.5 Å². The Kier molecular flexibility index (Phi) is 5.20. The summed E-state index contributed by atoms with van der Waals surface area (Å²) in [7, 11) is -4.50. The summed E-state index contributed by atoms with van der Waals surface area (Å²) >= 11 is 17.8. The lowest BCUT2D eigenvalue weighted by Gasteiger charge is -2.35. The van der Waals surface area contributed by atoms with Crippen molar-refractivity contribution in [1.29, 1.82) is 0 Å². The maximum absolute atomic E-state index is 12.2. The van der Waals surface area contributed by atoms with Gasteiger partial charge in [0.1, 0.15) is 0 Å². The largest absolute Gasteiger partial charge is 0.347 e. The molecule has 7 nitrogen and oxygen atoms in total. The minimum Gasteiger partial charge on any atom is -0.347 e. The minimum absolute atomic E-state index is 0.0141. The van der Waals surface area contributed by atoms with E-state index >= 15 is 0 Å². The lowest BCUT2D eigenvalue weighted by Crippen LogP contribution is -2.45. The fourth-order valence-electron chi connectivity index (χ4n) is 1.85. The van der Waals surface area contributed by atoms with Gasteiger partial charge in [0.15, 0.2) is 9.23 Å². The number of para-hydroxylation sites is 1. The van der Waals surface area contributed by atoms with E-state index in [0.29, 0.717) is 0 Å². The van der Waals surface area contributed by atoms with Crippen molar-refractivity contribution in [2.75, 3.05) is 6.61 Å². The van der Waals surface area contributed by atoms with Crippen molar-refractivity contribution in [3.8, 4) is 0 Å². The number of nitro groups is 1. The van der Waals surface area contributed by atoms with Gasteiger partial charge >= 0.3 is 10.1 Å². The summed E-state index contributed by atoms with van der Waals surface area (Å²) < 4.78 is 32.7. The van der Waals surface area contributed by atoms with Crippen molar-refractivity contribution in [1.82, 2.24) is 0 Å². The first-order valence-corrected chi connectivity index (χ1v) is 8.54. The van der Waals surface area contributed by atoms with Crippen LogP contribution in [0.4, 0.5) is 5.69 Å². The maximum Gasteiger partial charge on any atom is 0.306 e. The summed E-state index contributed by atoms with van der Waals surface area (Å²) in [5.41, 5.74) is -0.622. The van der Waals surface area contributed by atoms with Crippen LogP contribution in [-0.4, -0.2) is 35.9 Å². The van der Waals surface area contributed by atoms with E-state index in [4.69, 9.17) is 43.7 Å². The zero-order valence-electron chi connectivity index (χ0n) is 10.8. The van der Waals surface area contributed by atoms with Crippen LogP contribution in [0.5, 0.6) is 0 Å². The molecule has 1 aromatic carbocycles. The average Bonchev–Trinajstić information content (AvgIpc) is 2.41. The Bertz CT molecular complexity index is 680. The summed E-state index contributed by atoms with van der Waals surface area (Å²) in [6.07, 6.45) is -1.48. The van der Waals surface area contributed by atoms with Crippen molar-refractivity contribution in [2.24, 2.45) is 0 Å². The van der Waals surface area contributed by atoms with E-state index < -0.39 is 41.6 Å². The van der Waals surface area contributed by atoms with E-state index in [0.717, 1.165) is 12.1 Å². The number of alkyl halides is 3.